The Kier molecular flexibility index (Phi) is 3.93. The standard InChI is InChI=1S/C16H12BrClN2O2/c1-8-7-9(5-6-11(8)17)15-19-13-10(3-2-4-12(13)18)14(20-15)16(21)22/h2-7,14H,1H3,(H,19,20)(H,21,22). The van der Waals surface area contributed by atoms with Gasteiger partial charge in [-0.25, -0.2) is 9.79 Å². The van der Waals surface area contributed by atoms with Crippen LogP contribution in [-0.2, 0) is 4.79 Å². The van der Waals surface area contributed by atoms with Crippen LogP contribution >= 0.6 is 27.5 Å². The van der Waals surface area contributed by atoms with Crippen LogP contribution in [0, 0.1) is 6.92 Å². The fourth-order valence-electron chi connectivity index (χ4n) is 2.38. The number of halogens is 2. The van der Waals surface area contributed by atoms with Gasteiger partial charge in [0, 0.05) is 15.6 Å². The minimum absolute atomic E-state index is 0.441. The maximum absolute atomic E-state index is 11.6. The number of aliphatic carboxylic acids is 1. The summed E-state index contributed by atoms with van der Waals surface area (Å²) in [6.45, 7) is 1.96. The molecule has 0 spiro atoms. The van der Waals surface area contributed by atoms with E-state index in [0.717, 1.165) is 15.6 Å². The molecular weight excluding hydrogens is 368 g/mol. The Balaban J connectivity index is 2.15. The first-order valence-electron chi connectivity index (χ1n) is 6.60. The molecule has 0 aliphatic carbocycles. The Labute approximate surface area is 141 Å². The van der Waals surface area contributed by atoms with Crippen molar-refractivity contribution < 1.29 is 9.90 Å². The molecule has 0 amide bonds. The molecule has 0 aromatic heterocycles. The summed E-state index contributed by atoms with van der Waals surface area (Å²) >= 11 is 9.64. The summed E-state index contributed by atoms with van der Waals surface area (Å²) in [6, 6.07) is 10.0. The van der Waals surface area contributed by atoms with Gasteiger partial charge in [0.1, 0.15) is 5.84 Å². The molecule has 1 heterocycles. The molecule has 1 aliphatic rings. The predicted octanol–water partition coefficient (Wildman–Crippen LogP) is 4.22. The molecule has 0 bridgehead atoms. The molecule has 1 atom stereocenters. The van der Waals surface area contributed by atoms with Gasteiger partial charge in [0.05, 0.1) is 10.7 Å². The number of aryl methyl sites for hydroxylation is 1. The van der Waals surface area contributed by atoms with E-state index < -0.39 is 12.0 Å². The minimum atomic E-state index is -0.968. The molecule has 4 nitrogen and oxygen atoms in total. The van der Waals surface area contributed by atoms with E-state index >= 15 is 0 Å². The van der Waals surface area contributed by atoms with E-state index in [0.29, 0.717) is 22.1 Å². The van der Waals surface area contributed by atoms with Crippen molar-refractivity contribution in [2.75, 3.05) is 0 Å². The van der Waals surface area contributed by atoms with Gasteiger partial charge in [-0.2, -0.15) is 0 Å². The third-order valence-electron chi connectivity index (χ3n) is 3.51. The SMILES string of the molecule is Cc1cc(C2=Nc3c(Cl)cccc3C(C(=O)O)N2)ccc1Br. The molecule has 1 aliphatic heterocycles. The Bertz CT molecular complexity index is 805. The van der Waals surface area contributed by atoms with Crippen molar-refractivity contribution in [3.05, 3.63) is 62.6 Å². The highest BCUT2D eigenvalue weighted by molar-refractivity contribution is 9.10. The van der Waals surface area contributed by atoms with Crippen molar-refractivity contribution in [1.82, 2.24) is 5.32 Å². The number of rotatable bonds is 2. The lowest BCUT2D eigenvalue weighted by Gasteiger charge is -2.25. The van der Waals surface area contributed by atoms with Crippen LogP contribution in [0.3, 0.4) is 0 Å². The van der Waals surface area contributed by atoms with Crippen LogP contribution in [0.4, 0.5) is 5.69 Å². The highest BCUT2D eigenvalue weighted by Gasteiger charge is 2.29. The zero-order valence-corrected chi connectivity index (χ0v) is 13.9. The summed E-state index contributed by atoms with van der Waals surface area (Å²) in [4.78, 5) is 16.1. The molecule has 2 aromatic rings. The second-order valence-corrected chi connectivity index (χ2v) is 6.28. The van der Waals surface area contributed by atoms with Gasteiger partial charge >= 0.3 is 5.97 Å². The van der Waals surface area contributed by atoms with Crippen molar-refractivity contribution >= 4 is 45.0 Å². The normalized spacial score (nSPS) is 16.5. The largest absolute Gasteiger partial charge is 0.479 e. The lowest BCUT2D eigenvalue weighted by Crippen LogP contribution is -2.36. The van der Waals surface area contributed by atoms with E-state index in [-0.39, 0.29) is 0 Å². The number of hydrogen-bond donors (Lipinski definition) is 2. The van der Waals surface area contributed by atoms with E-state index in [1.165, 1.54) is 0 Å². The first-order chi connectivity index (χ1) is 10.5. The van der Waals surface area contributed by atoms with Crippen LogP contribution < -0.4 is 5.32 Å². The molecule has 6 heteroatoms. The van der Waals surface area contributed by atoms with E-state index in [9.17, 15) is 9.90 Å². The summed E-state index contributed by atoms with van der Waals surface area (Å²) in [6.07, 6.45) is 0. The highest BCUT2D eigenvalue weighted by Crippen LogP contribution is 2.36. The van der Waals surface area contributed by atoms with Crippen LogP contribution in [0.5, 0.6) is 0 Å². The van der Waals surface area contributed by atoms with Crippen molar-refractivity contribution in [2.24, 2.45) is 4.99 Å². The molecule has 22 heavy (non-hydrogen) atoms. The molecule has 0 fully saturated rings. The number of amidine groups is 1. The lowest BCUT2D eigenvalue weighted by molar-refractivity contribution is -0.139. The van der Waals surface area contributed by atoms with Crippen LogP contribution in [0.1, 0.15) is 22.7 Å². The van der Waals surface area contributed by atoms with Gasteiger partial charge in [0.25, 0.3) is 0 Å². The number of fused-ring (bicyclic) bond motifs is 1. The third kappa shape index (κ3) is 2.62. The summed E-state index contributed by atoms with van der Waals surface area (Å²) < 4.78 is 0.987. The van der Waals surface area contributed by atoms with Gasteiger partial charge in [0.15, 0.2) is 6.04 Å². The van der Waals surface area contributed by atoms with Gasteiger partial charge in [-0.1, -0.05) is 45.7 Å². The van der Waals surface area contributed by atoms with Crippen LogP contribution in [-0.4, -0.2) is 16.9 Å². The Morgan fingerprint density at radius 2 is 2.14 bits per heavy atom. The van der Waals surface area contributed by atoms with Crippen molar-refractivity contribution in [1.29, 1.82) is 0 Å². The van der Waals surface area contributed by atoms with Gasteiger partial charge in [-0.05, 0) is 30.7 Å². The maximum Gasteiger partial charge on any atom is 0.330 e. The summed E-state index contributed by atoms with van der Waals surface area (Å²) in [7, 11) is 0. The van der Waals surface area contributed by atoms with Gasteiger partial charge in [-0.15, -0.1) is 0 Å². The maximum atomic E-state index is 11.6. The smallest absolute Gasteiger partial charge is 0.330 e. The minimum Gasteiger partial charge on any atom is -0.479 e. The first kappa shape index (κ1) is 15.1. The summed E-state index contributed by atoms with van der Waals surface area (Å²) in [5.41, 5.74) is 2.93. The van der Waals surface area contributed by atoms with E-state index in [2.05, 4.69) is 26.2 Å². The number of para-hydroxylation sites is 1. The number of hydrogen-bond acceptors (Lipinski definition) is 3. The monoisotopic (exact) mass is 378 g/mol. The van der Waals surface area contributed by atoms with Crippen LogP contribution in [0.25, 0.3) is 0 Å². The second kappa shape index (κ2) is 5.74. The third-order valence-corrected chi connectivity index (χ3v) is 4.71. The number of benzene rings is 2. The van der Waals surface area contributed by atoms with Crippen molar-refractivity contribution in [3.63, 3.8) is 0 Å². The molecule has 112 valence electrons. The zero-order valence-electron chi connectivity index (χ0n) is 11.6. The molecule has 1 unspecified atom stereocenters. The average Bonchev–Trinajstić information content (AvgIpc) is 2.49. The van der Waals surface area contributed by atoms with Crippen LogP contribution in [0.15, 0.2) is 45.9 Å². The summed E-state index contributed by atoms with van der Waals surface area (Å²) in [5, 5.41) is 12.9. The summed E-state index contributed by atoms with van der Waals surface area (Å²) in [5.74, 6) is -0.464. The molecule has 2 N–H and O–H groups in total. The number of carbonyl (C=O) groups is 1. The van der Waals surface area contributed by atoms with Crippen molar-refractivity contribution in [3.8, 4) is 0 Å². The number of aliphatic imine (C=N–C) groups is 1. The molecule has 0 saturated heterocycles. The molecule has 0 radical (unpaired) electrons. The Hall–Kier alpha value is -1.85. The quantitative estimate of drug-likeness (QED) is 0.821. The van der Waals surface area contributed by atoms with E-state index in [1.54, 1.807) is 18.2 Å². The molecule has 0 saturated carbocycles. The fraction of sp³-hybridized carbons (Fsp3) is 0.125. The van der Waals surface area contributed by atoms with Crippen molar-refractivity contribution in [2.45, 2.75) is 13.0 Å². The number of nitrogens with one attached hydrogen (secondary N) is 1. The topological polar surface area (TPSA) is 61.7 Å². The van der Waals surface area contributed by atoms with Crippen LogP contribution in [0.2, 0.25) is 5.02 Å². The zero-order chi connectivity index (χ0) is 15.9. The Morgan fingerprint density at radius 1 is 1.36 bits per heavy atom. The molecule has 3 rings (SSSR count). The number of nitrogens with zero attached hydrogens (tertiary/aromatic N) is 1. The average molecular weight is 380 g/mol. The first-order valence-corrected chi connectivity index (χ1v) is 7.77. The van der Waals surface area contributed by atoms with E-state index in [1.807, 2.05) is 25.1 Å². The fourth-order valence-corrected chi connectivity index (χ4v) is 2.85. The number of carboxylic acid groups (broad SMARTS) is 1. The predicted molar refractivity (Wildman–Crippen MR) is 90.0 cm³/mol. The molecular formula is C16H12BrClN2O2. The second-order valence-electron chi connectivity index (χ2n) is 5.02. The van der Waals surface area contributed by atoms with Gasteiger partial charge < -0.3 is 10.4 Å². The van der Waals surface area contributed by atoms with Gasteiger partial charge in [0.2, 0.25) is 0 Å². The number of carboxylic acids is 1. The Morgan fingerprint density at radius 3 is 2.82 bits per heavy atom. The highest BCUT2D eigenvalue weighted by atomic mass is 79.9. The van der Waals surface area contributed by atoms with Gasteiger partial charge in [-0.3, -0.25) is 0 Å². The molecule has 2 aromatic carbocycles. The lowest BCUT2D eigenvalue weighted by atomic mass is 10.0. The van der Waals surface area contributed by atoms with E-state index in [4.69, 9.17) is 11.6 Å².